The van der Waals surface area contributed by atoms with Crippen LogP contribution in [-0.4, -0.2) is 31.3 Å². The van der Waals surface area contributed by atoms with Crippen molar-refractivity contribution in [2.45, 2.75) is 30.8 Å². The lowest BCUT2D eigenvalue weighted by atomic mass is 9.89. The molecule has 114 valence electrons. The Morgan fingerprint density at radius 2 is 2.10 bits per heavy atom. The molecule has 2 aliphatic heterocycles. The summed E-state index contributed by atoms with van der Waals surface area (Å²) >= 11 is 3.46. The van der Waals surface area contributed by atoms with Crippen molar-refractivity contribution in [3.05, 3.63) is 28.2 Å². The molecule has 3 N–H and O–H groups in total. The van der Waals surface area contributed by atoms with E-state index >= 15 is 0 Å². The topological polar surface area (TPSA) is 73.6 Å². The standard InChI is InChI=1S/C15H19BrN2O3/c16-10-1-2-13-11(9-10)12(3-6-21-13)18-14(19)15(17)4-7-20-8-5-15/h1-2,9,12H,3-8,17H2,(H,18,19). The van der Waals surface area contributed by atoms with Crippen LogP contribution in [-0.2, 0) is 9.53 Å². The van der Waals surface area contributed by atoms with Gasteiger partial charge in [0.2, 0.25) is 5.91 Å². The van der Waals surface area contributed by atoms with Crippen molar-refractivity contribution in [2.75, 3.05) is 19.8 Å². The number of nitrogens with two attached hydrogens (primary N) is 1. The number of ether oxygens (including phenoxy) is 2. The number of nitrogens with one attached hydrogen (secondary N) is 1. The quantitative estimate of drug-likeness (QED) is 0.850. The van der Waals surface area contributed by atoms with Gasteiger partial charge in [-0.15, -0.1) is 0 Å². The van der Waals surface area contributed by atoms with Crippen molar-refractivity contribution < 1.29 is 14.3 Å². The summed E-state index contributed by atoms with van der Waals surface area (Å²) < 4.78 is 11.9. The molecule has 0 spiro atoms. The molecule has 3 rings (SSSR count). The van der Waals surface area contributed by atoms with Crippen LogP contribution in [0.2, 0.25) is 0 Å². The van der Waals surface area contributed by atoms with Gasteiger partial charge in [0.25, 0.3) is 0 Å². The third kappa shape index (κ3) is 3.07. The van der Waals surface area contributed by atoms with Crippen molar-refractivity contribution in [3.8, 4) is 5.75 Å². The third-order valence-corrected chi connectivity index (χ3v) is 4.65. The largest absolute Gasteiger partial charge is 0.493 e. The minimum atomic E-state index is -0.817. The fourth-order valence-corrected chi connectivity index (χ4v) is 3.16. The van der Waals surface area contributed by atoms with Gasteiger partial charge in [-0.3, -0.25) is 4.79 Å². The van der Waals surface area contributed by atoms with Crippen molar-refractivity contribution in [2.24, 2.45) is 5.73 Å². The monoisotopic (exact) mass is 354 g/mol. The fourth-order valence-electron chi connectivity index (χ4n) is 2.78. The second-order valence-corrected chi connectivity index (χ2v) is 6.53. The number of carbonyl (C=O) groups excluding carboxylic acids is 1. The molecule has 2 aliphatic rings. The summed E-state index contributed by atoms with van der Waals surface area (Å²) in [6.45, 7) is 1.68. The first-order valence-corrected chi connectivity index (χ1v) is 7.98. The van der Waals surface area contributed by atoms with Crippen LogP contribution in [0.5, 0.6) is 5.75 Å². The molecule has 1 aromatic rings. The van der Waals surface area contributed by atoms with Crippen LogP contribution in [0.3, 0.4) is 0 Å². The Hall–Kier alpha value is -1.11. The highest BCUT2D eigenvalue weighted by atomic mass is 79.9. The molecule has 21 heavy (non-hydrogen) atoms. The number of hydrogen-bond donors (Lipinski definition) is 2. The van der Waals surface area contributed by atoms with Crippen LogP contribution in [0, 0.1) is 0 Å². The van der Waals surface area contributed by atoms with Gasteiger partial charge in [0, 0.05) is 29.7 Å². The maximum absolute atomic E-state index is 12.5. The lowest BCUT2D eigenvalue weighted by Gasteiger charge is -2.35. The van der Waals surface area contributed by atoms with Gasteiger partial charge < -0.3 is 20.5 Å². The zero-order valence-corrected chi connectivity index (χ0v) is 13.3. The van der Waals surface area contributed by atoms with Gasteiger partial charge in [0.15, 0.2) is 0 Å². The number of benzene rings is 1. The minimum Gasteiger partial charge on any atom is -0.493 e. The van der Waals surface area contributed by atoms with E-state index < -0.39 is 5.54 Å². The highest BCUT2D eigenvalue weighted by Crippen LogP contribution is 2.34. The SMILES string of the molecule is NC1(C(=O)NC2CCOc3ccc(Br)cc32)CCOCC1. The Labute approximate surface area is 132 Å². The minimum absolute atomic E-state index is 0.0537. The highest BCUT2D eigenvalue weighted by Gasteiger charge is 2.37. The molecule has 0 aliphatic carbocycles. The first-order chi connectivity index (χ1) is 10.1. The number of fused-ring (bicyclic) bond motifs is 1. The zero-order chi connectivity index (χ0) is 14.9. The Kier molecular flexibility index (Phi) is 4.19. The molecule has 0 bridgehead atoms. The predicted octanol–water partition coefficient (Wildman–Crippen LogP) is 1.90. The van der Waals surface area contributed by atoms with Gasteiger partial charge in [-0.1, -0.05) is 15.9 Å². The molecule has 1 unspecified atom stereocenters. The smallest absolute Gasteiger partial charge is 0.240 e. The molecule has 6 heteroatoms. The second-order valence-electron chi connectivity index (χ2n) is 5.61. The van der Waals surface area contributed by atoms with Crippen LogP contribution in [0.15, 0.2) is 22.7 Å². The summed E-state index contributed by atoms with van der Waals surface area (Å²) in [5.41, 5.74) is 6.42. The van der Waals surface area contributed by atoms with Crippen LogP contribution in [0.1, 0.15) is 30.9 Å². The molecule has 1 saturated heterocycles. The normalized spacial score (nSPS) is 23.8. The Bertz CT molecular complexity index is 544. The molecule has 0 aromatic heterocycles. The number of rotatable bonds is 2. The predicted molar refractivity (Wildman–Crippen MR) is 82.1 cm³/mol. The Morgan fingerprint density at radius 1 is 1.33 bits per heavy atom. The van der Waals surface area contributed by atoms with E-state index in [2.05, 4.69) is 21.2 Å². The highest BCUT2D eigenvalue weighted by molar-refractivity contribution is 9.10. The molecule has 0 radical (unpaired) electrons. The molecule has 5 nitrogen and oxygen atoms in total. The summed E-state index contributed by atoms with van der Waals surface area (Å²) in [6.07, 6.45) is 1.88. The molecular formula is C15H19BrN2O3. The van der Waals surface area contributed by atoms with Gasteiger partial charge in [-0.25, -0.2) is 0 Å². The van der Waals surface area contributed by atoms with Crippen molar-refractivity contribution >= 4 is 21.8 Å². The van der Waals surface area contributed by atoms with Crippen LogP contribution in [0.25, 0.3) is 0 Å². The van der Waals surface area contributed by atoms with E-state index in [4.69, 9.17) is 15.2 Å². The summed E-state index contributed by atoms with van der Waals surface area (Å²) in [5, 5.41) is 3.09. The van der Waals surface area contributed by atoms with Crippen molar-refractivity contribution in [1.82, 2.24) is 5.32 Å². The fraction of sp³-hybridized carbons (Fsp3) is 0.533. The first-order valence-electron chi connectivity index (χ1n) is 7.18. The summed E-state index contributed by atoms with van der Waals surface area (Å²) in [5.74, 6) is 0.733. The molecule has 1 fully saturated rings. The van der Waals surface area contributed by atoms with Gasteiger partial charge in [0.1, 0.15) is 5.75 Å². The summed E-state index contributed by atoms with van der Waals surface area (Å²) in [4.78, 5) is 12.5. The maximum Gasteiger partial charge on any atom is 0.240 e. The lowest BCUT2D eigenvalue weighted by molar-refractivity contribution is -0.130. The van der Waals surface area contributed by atoms with E-state index in [1.165, 1.54) is 0 Å². The number of halogens is 1. The van der Waals surface area contributed by atoms with Crippen molar-refractivity contribution in [1.29, 1.82) is 0 Å². The first kappa shape index (κ1) is 14.8. The second kappa shape index (κ2) is 5.94. The zero-order valence-electron chi connectivity index (χ0n) is 11.7. The van der Waals surface area contributed by atoms with Crippen LogP contribution < -0.4 is 15.8 Å². The summed E-state index contributed by atoms with van der Waals surface area (Å²) in [6, 6.07) is 5.80. The van der Waals surface area contributed by atoms with Gasteiger partial charge in [-0.2, -0.15) is 0 Å². The Balaban J connectivity index is 1.77. The molecule has 0 saturated carbocycles. The van der Waals surface area contributed by atoms with Gasteiger partial charge >= 0.3 is 0 Å². The van der Waals surface area contributed by atoms with Gasteiger partial charge in [0.05, 0.1) is 18.2 Å². The van der Waals surface area contributed by atoms with E-state index in [1.54, 1.807) is 0 Å². The van der Waals surface area contributed by atoms with E-state index in [0.717, 1.165) is 22.2 Å². The average molecular weight is 355 g/mol. The summed E-state index contributed by atoms with van der Waals surface area (Å²) in [7, 11) is 0. The van der Waals surface area contributed by atoms with Crippen LogP contribution in [0.4, 0.5) is 0 Å². The maximum atomic E-state index is 12.5. The van der Waals surface area contributed by atoms with Crippen molar-refractivity contribution in [3.63, 3.8) is 0 Å². The van der Waals surface area contributed by atoms with E-state index in [9.17, 15) is 4.79 Å². The third-order valence-electron chi connectivity index (χ3n) is 4.15. The lowest BCUT2D eigenvalue weighted by Crippen LogP contribution is -2.57. The molecule has 1 aromatic carbocycles. The molecule has 1 amide bonds. The molecular weight excluding hydrogens is 336 g/mol. The average Bonchev–Trinajstić information content (AvgIpc) is 2.48. The van der Waals surface area contributed by atoms with E-state index in [1.807, 2.05) is 18.2 Å². The van der Waals surface area contributed by atoms with Crippen LogP contribution >= 0.6 is 15.9 Å². The molecule has 2 heterocycles. The number of amides is 1. The number of hydrogen-bond acceptors (Lipinski definition) is 4. The van der Waals surface area contributed by atoms with Gasteiger partial charge in [-0.05, 0) is 31.0 Å². The number of carbonyl (C=O) groups is 1. The van der Waals surface area contributed by atoms with E-state index in [-0.39, 0.29) is 11.9 Å². The van der Waals surface area contributed by atoms with E-state index in [0.29, 0.717) is 32.7 Å². The Morgan fingerprint density at radius 3 is 2.86 bits per heavy atom. The molecule has 1 atom stereocenters.